The van der Waals surface area contributed by atoms with E-state index >= 15 is 0 Å². The molecule has 0 amide bonds. The molecule has 0 spiro atoms. The maximum Gasteiger partial charge on any atom is 0.151 e. The second-order valence-electron chi connectivity index (χ2n) is 5.02. The first-order valence-electron chi connectivity index (χ1n) is 5.83. The third-order valence-electron chi connectivity index (χ3n) is 3.99. The van der Waals surface area contributed by atoms with Gasteiger partial charge in [0.2, 0.25) is 0 Å². The van der Waals surface area contributed by atoms with Crippen LogP contribution in [0.25, 0.3) is 0 Å². The molecule has 1 aliphatic carbocycles. The summed E-state index contributed by atoms with van der Waals surface area (Å²) in [6, 6.07) is 0. The minimum atomic E-state index is -0.110. The maximum atomic E-state index is 12.2. The van der Waals surface area contributed by atoms with E-state index in [2.05, 4.69) is 6.92 Å². The molecule has 1 aliphatic heterocycles. The zero-order valence-electron chi connectivity index (χ0n) is 9.67. The van der Waals surface area contributed by atoms with Gasteiger partial charge in [-0.2, -0.15) is 0 Å². The van der Waals surface area contributed by atoms with Gasteiger partial charge in [0.25, 0.3) is 0 Å². The van der Waals surface area contributed by atoms with E-state index in [1.54, 1.807) is 7.11 Å². The van der Waals surface area contributed by atoms with Crippen molar-refractivity contribution >= 4 is 17.5 Å². The monoisotopic (exact) mass is 228 g/mol. The van der Waals surface area contributed by atoms with Gasteiger partial charge in [-0.3, -0.25) is 4.79 Å². The topological polar surface area (TPSA) is 26.3 Å². The Morgan fingerprint density at radius 3 is 2.47 bits per heavy atom. The minimum Gasteiger partial charge on any atom is -0.378 e. The molecule has 2 fully saturated rings. The second kappa shape index (κ2) is 4.10. The first-order chi connectivity index (χ1) is 7.10. The molecule has 2 aliphatic rings. The predicted molar refractivity (Wildman–Crippen MR) is 63.3 cm³/mol. The third kappa shape index (κ3) is 2.09. The van der Waals surface area contributed by atoms with Crippen molar-refractivity contribution in [2.45, 2.75) is 55.8 Å². The van der Waals surface area contributed by atoms with Gasteiger partial charge < -0.3 is 4.74 Å². The average Bonchev–Trinajstić information content (AvgIpc) is 2.60. The van der Waals surface area contributed by atoms with Crippen molar-refractivity contribution in [2.75, 3.05) is 12.9 Å². The van der Waals surface area contributed by atoms with E-state index in [-0.39, 0.29) is 10.3 Å². The number of thioether (sulfide) groups is 1. The van der Waals surface area contributed by atoms with Crippen molar-refractivity contribution in [2.24, 2.45) is 0 Å². The number of methoxy groups -OCH3 is 1. The summed E-state index contributed by atoms with van der Waals surface area (Å²) < 4.78 is 5.41. The molecule has 0 aromatic heterocycles. The molecule has 1 saturated heterocycles. The molecule has 0 aromatic rings. The fourth-order valence-corrected chi connectivity index (χ4v) is 3.76. The van der Waals surface area contributed by atoms with Crippen LogP contribution in [0.15, 0.2) is 0 Å². The van der Waals surface area contributed by atoms with Gasteiger partial charge in [-0.05, 0) is 44.8 Å². The zero-order valence-corrected chi connectivity index (χ0v) is 10.5. The Labute approximate surface area is 96.1 Å². The maximum absolute atomic E-state index is 12.2. The van der Waals surface area contributed by atoms with E-state index in [4.69, 9.17) is 4.74 Å². The third-order valence-corrected chi connectivity index (χ3v) is 5.55. The molecular weight excluding hydrogens is 208 g/mol. The van der Waals surface area contributed by atoms with Crippen molar-refractivity contribution < 1.29 is 9.53 Å². The molecule has 0 bridgehead atoms. The van der Waals surface area contributed by atoms with E-state index in [9.17, 15) is 4.79 Å². The fraction of sp³-hybridized carbons (Fsp3) is 0.917. The van der Waals surface area contributed by atoms with Crippen molar-refractivity contribution in [1.82, 2.24) is 0 Å². The van der Waals surface area contributed by atoms with E-state index in [1.807, 2.05) is 11.8 Å². The molecule has 2 rings (SSSR count). The standard InChI is InChI=1S/C12H20O2S/c1-11(5-4-8-15-11)10(13)9-12(14-2)6-3-7-12/h3-9H2,1-2H3. The van der Waals surface area contributed by atoms with Gasteiger partial charge in [0, 0.05) is 13.5 Å². The Balaban J connectivity index is 1.96. The largest absolute Gasteiger partial charge is 0.378 e. The van der Waals surface area contributed by atoms with Crippen molar-refractivity contribution in [3.8, 4) is 0 Å². The van der Waals surface area contributed by atoms with Gasteiger partial charge in [0.05, 0.1) is 10.3 Å². The lowest BCUT2D eigenvalue weighted by atomic mass is 9.74. The summed E-state index contributed by atoms with van der Waals surface area (Å²) in [6.45, 7) is 2.11. The lowest BCUT2D eigenvalue weighted by Crippen LogP contribution is -2.45. The molecule has 2 nitrogen and oxygen atoms in total. The number of hydrogen-bond acceptors (Lipinski definition) is 3. The quantitative estimate of drug-likeness (QED) is 0.740. The van der Waals surface area contributed by atoms with E-state index < -0.39 is 0 Å². The summed E-state index contributed by atoms with van der Waals surface area (Å²) in [4.78, 5) is 12.2. The van der Waals surface area contributed by atoms with Crippen LogP contribution in [0.5, 0.6) is 0 Å². The average molecular weight is 228 g/mol. The van der Waals surface area contributed by atoms with E-state index in [0.29, 0.717) is 12.2 Å². The van der Waals surface area contributed by atoms with Gasteiger partial charge >= 0.3 is 0 Å². The van der Waals surface area contributed by atoms with E-state index in [1.165, 1.54) is 12.8 Å². The number of Topliss-reactive ketones (excluding diaryl/α,β-unsaturated/α-hetero) is 1. The van der Waals surface area contributed by atoms with Crippen molar-refractivity contribution in [3.05, 3.63) is 0 Å². The lowest BCUT2D eigenvalue weighted by Gasteiger charge is -2.41. The number of rotatable bonds is 4. The molecule has 0 aromatic carbocycles. The molecule has 15 heavy (non-hydrogen) atoms. The Hall–Kier alpha value is -0.0200. The molecular formula is C12H20O2S. The number of carbonyl (C=O) groups is 1. The van der Waals surface area contributed by atoms with Crippen LogP contribution in [0.1, 0.15) is 45.4 Å². The molecule has 1 heterocycles. The Morgan fingerprint density at radius 1 is 1.33 bits per heavy atom. The van der Waals surface area contributed by atoms with Gasteiger partial charge in [0.1, 0.15) is 0 Å². The minimum absolute atomic E-state index is 0.0940. The molecule has 1 unspecified atom stereocenters. The van der Waals surface area contributed by atoms with Gasteiger partial charge in [-0.1, -0.05) is 0 Å². The van der Waals surface area contributed by atoms with Gasteiger partial charge in [-0.15, -0.1) is 11.8 Å². The SMILES string of the molecule is COC1(CC(=O)C2(C)CCCS2)CCC1. The van der Waals surface area contributed by atoms with Gasteiger partial charge in [-0.25, -0.2) is 0 Å². The predicted octanol–water partition coefficient (Wildman–Crippen LogP) is 2.80. The summed E-state index contributed by atoms with van der Waals surface area (Å²) in [7, 11) is 1.75. The summed E-state index contributed by atoms with van der Waals surface area (Å²) in [5.41, 5.74) is -0.0940. The summed E-state index contributed by atoms with van der Waals surface area (Å²) in [5, 5.41) is 0. The Morgan fingerprint density at radius 2 is 2.07 bits per heavy atom. The van der Waals surface area contributed by atoms with Gasteiger partial charge in [0.15, 0.2) is 5.78 Å². The van der Waals surface area contributed by atoms with Crippen LogP contribution in [0, 0.1) is 0 Å². The highest BCUT2D eigenvalue weighted by molar-refractivity contribution is 8.01. The Bertz CT molecular complexity index is 247. The van der Waals surface area contributed by atoms with Crippen LogP contribution in [-0.2, 0) is 9.53 Å². The molecule has 3 heteroatoms. The molecule has 0 radical (unpaired) electrons. The Kier molecular flexibility index (Phi) is 3.13. The number of ketones is 1. The highest BCUT2D eigenvalue weighted by atomic mass is 32.2. The van der Waals surface area contributed by atoms with Crippen LogP contribution >= 0.6 is 11.8 Å². The highest BCUT2D eigenvalue weighted by Gasteiger charge is 2.45. The lowest BCUT2D eigenvalue weighted by molar-refractivity contribution is -0.134. The smallest absolute Gasteiger partial charge is 0.151 e. The molecule has 1 atom stereocenters. The van der Waals surface area contributed by atoms with Crippen molar-refractivity contribution in [3.63, 3.8) is 0 Å². The fourth-order valence-electron chi connectivity index (χ4n) is 2.50. The summed E-state index contributed by atoms with van der Waals surface area (Å²) >= 11 is 1.83. The van der Waals surface area contributed by atoms with Crippen LogP contribution in [0.3, 0.4) is 0 Å². The summed E-state index contributed by atoms with van der Waals surface area (Å²) in [6.07, 6.45) is 6.22. The van der Waals surface area contributed by atoms with Crippen molar-refractivity contribution in [1.29, 1.82) is 0 Å². The molecule has 86 valence electrons. The van der Waals surface area contributed by atoms with Crippen LogP contribution < -0.4 is 0 Å². The first-order valence-corrected chi connectivity index (χ1v) is 6.81. The zero-order chi connectivity index (χ0) is 10.9. The molecule has 1 saturated carbocycles. The summed E-state index contributed by atoms with van der Waals surface area (Å²) in [5.74, 6) is 1.55. The number of ether oxygens (including phenoxy) is 1. The number of hydrogen-bond donors (Lipinski definition) is 0. The van der Waals surface area contributed by atoms with Crippen LogP contribution in [0.2, 0.25) is 0 Å². The normalized spacial score (nSPS) is 33.7. The number of carbonyl (C=O) groups excluding carboxylic acids is 1. The molecule has 0 N–H and O–H groups in total. The highest BCUT2D eigenvalue weighted by Crippen LogP contribution is 2.44. The van der Waals surface area contributed by atoms with Crippen LogP contribution in [-0.4, -0.2) is 29.0 Å². The second-order valence-corrected chi connectivity index (χ2v) is 6.62. The van der Waals surface area contributed by atoms with E-state index in [0.717, 1.165) is 25.0 Å². The first kappa shape index (κ1) is 11.5. The van der Waals surface area contributed by atoms with Crippen LogP contribution in [0.4, 0.5) is 0 Å².